The van der Waals surface area contributed by atoms with Crippen LogP contribution in [0.2, 0.25) is 0 Å². The Balaban J connectivity index is 2.01. The van der Waals surface area contributed by atoms with Crippen LogP contribution in [-0.4, -0.2) is 24.3 Å². The first-order valence-corrected chi connectivity index (χ1v) is 3.28. The van der Waals surface area contributed by atoms with E-state index in [9.17, 15) is 0 Å². The van der Waals surface area contributed by atoms with E-state index >= 15 is 0 Å². The maximum Gasteiger partial charge on any atom is 0.162 e. The molecule has 0 saturated carbocycles. The minimum atomic E-state index is -0.643. The zero-order valence-electron chi connectivity index (χ0n) is 5.54. The molecule has 1 rings (SSSR count). The summed E-state index contributed by atoms with van der Waals surface area (Å²) in [6, 6.07) is 0. The molecule has 3 nitrogen and oxygen atoms in total. The standard InChI is InChI=1S/C6H12O3/c1-2-5(7)9-6-3-4-8-6/h5-7H,2-4H2,1H3. The summed E-state index contributed by atoms with van der Waals surface area (Å²) in [6.45, 7) is 2.63. The van der Waals surface area contributed by atoms with E-state index in [1.165, 1.54) is 0 Å². The number of rotatable bonds is 3. The summed E-state index contributed by atoms with van der Waals surface area (Å²) in [5, 5.41) is 8.89. The van der Waals surface area contributed by atoms with Crippen molar-refractivity contribution in [3.8, 4) is 0 Å². The van der Waals surface area contributed by atoms with E-state index in [1.807, 2.05) is 6.92 Å². The van der Waals surface area contributed by atoms with Crippen molar-refractivity contribution in [2.24, 2.45) is 0 Å². The third kappa shape index (κ3) is 1.93. The Morgan fingerprint density at radius 1 is 1.89 bits per heavy atom. The molecule has 54 valence electrons. The van der Waals surface area contributed by atoms with Gasteiger partial charge in [0.25, 0.3) is 0 Å². The van der Waals surface area contributed by atoms with Gasteiger partial charge in [0, 0.05) is 6.42 Å². The second-order valence-corrected chi connectivity index (χ2v) is 2.09. The summed E-state index contributed by atoms with van der Waals surface area (Å²) < 4.78 is 9.89. The molecule has 1 N–H and O–H groups in total. The zero-order chi connectivity index (χ0) is 6.69. The molecule has 1 fully saturated rings. The molecule has 0 aromatic carbocycles. The molecule has 0 spiro atoms. The maximum atomic E-state index is 8.89. The van der Waals surface area contributed by atoms with E-state index in [2.05, 4.69) is 0 Å². The molecule has 3 heteroatoms. The Bertz CT molecular complexity index is 77.6. The van der Waals surface area contributed by atoms with Gasteiger partial charge in [0.2, 0.25) is 0 Å². The summed E-state index contributed by atoms with van der Waals surface area (Å²) in [6.07, 6.45) is 0.756. The first-order valence-electron chi connectivity index (χ1n) is 3.28. The minimum Gasteiger partial charge on any atom is -0.368 e. The number of hydrogen-bond acceptors (Lipinski definition) is 3. The smallest absolute Gasteiger partial charge is 0.162 e. The van der Waals surface area contributed by atoms with Crippen LogP contribution >= 0.6 is 0 Å². The van der Waals surface area contributed by atoms with Crippen LogP contribution in [0.5, 0.6) is 0 Å². The molecule has 0 aromatic heterocycles. The lowest BCUT2D eigenvalue weighted by Gasteiger charge is -2.28. The molecule has 0 aromatic rings. The van der Waals surface area contributed by atoms with E-state index in [-0.39, 0.29) is 6.29 Å². The van der Waals surface area contributed by atoms with Gasteiger partial charge in [-0.3, -0.25) is 0 Å². The highest BCUT2D eigenvalue weighted by atomic mass is 16.7. The van der Waals surface area contributed by atoms with Gasteiger partial charge in [0.15, 0.2) is 12.6 Å². The van der Waals surface area contributed by atoms with Crippen molar-refractivity contribution in [1.82, 2.24) is 0 Å². The quantitative estimate of drug-likeness (QED) is 0.567. The van der Waals surface area contributed by atoms with Crippen LogP contribution in [0.4, 0.5) is 0 Å². The van der Waals surface area contributed by atoms with E-state index in [0.29, 0.717) is 6.42 Å². The van der Waals surface area contributed by atoms with Crippen molar-refractivity contribution in [2.75, 3.05) is 6.61 Å². The second kappa shape index (κ2) is 3.15. The first kappa shape index (κ1) is 6.99. The molecule has 0 amide bonds. The van der Waals surface area contributed by atoms with Crippen molar-refractivity contribution < 1.29 is 14.6 Å². The highest BCUT2D eigenvalue weighted by Gasteiger charge is 2.20. The van der Waals surface area contributed by atoms with Gasteiger partial charge in [-0.2, -0.15) is 0 Å². The Hall–Kier alpha value is -0.120. The van der Waals surface area contributed by atoms with Crippen molar-refractivity contribution in [1.29, 1.82) is 0 Å². The molecule has 2 atom stereocenters. The summed E-state index contributed by atoms with van der Waals surface area (Å²) in [7, 11) is 0. The van der Waals surface area contributed by atoms with Crippen LogP contribution < -0.4 is 0 Å². The molecule has 0 radical (unpaired) electrons. The summed E-state index contributed by atoms with van der Waals surface area (Å²) >= 11 is 0. The summed E-state index contributed by atoms with van der Waals surface area (Å²) in [5.74, 6) is 0. The summed E-state index contributed by atoms with van der Waals surface area (Å²) in [4.78, 5) is 0. The fourth-order valence-corrected chi connectivity index (χ4v) is 0.593. The topological polar surface area (TPSA) is 38.7 Å². The van der Waals surface area contributed by atoms with Crippen LogP contribution in [0.3, 0.4) is 0 Å². The lowest BCUT2D eigenvalue weighted by molar-refractivity contribution is -0.276. The van der Waals surface area contributed by atoms with Gasteiger partial charge < -0.3 is 14.6 Å². The van der Waals surface area contributed by atoms with Gasteiger partial charge in [-0.25, -0.2) is 0 Å². The normalized spacial score (nSPS) is 29.3. The van der Waals surface area contributed by atoms with Gasteiger partial charge in [-0.1, -0.05) is 6.92 Å². The number of aliphatic hydroxyl groups is 1. The number of ether oxygens (including phenoxy) is 2. The number of hydrogen-bond donors (Lipinski definition) is 1. The van der Waals surface area contributed by atoms with Crippen LogP contribution in [0.15, 0.2) is 0 Å². The molecular weight excluding hydrogens is 120 g/mol. The van der Waals surface area contributed by atoms with Gasteiger partial charge in [0.05, 0.1) is 6.61 Å². The predicted octanol–water partition coefficient (Wildman–Crippen LogP) is 0.478. The third-order valence-corrected chi connectivity index (χ3v) is 1.32. The van der Waals surface area contributed by atoms with Crippen LogP contribution in [-0.2, 0) is 9.47 Å². The lowest BCUT2D eigenvalue weighted by atomic mass is 10.3. The zero-order valence-corrected chi connectivity index (χ0v) is 5.54. The second-order valence-electron chi connectivity index (χ2n) is 2.09. The van der Waals surface area contributed by atoms with Crippen molar-refractivity contribution in [3.63, 3.8) is 0 Å². The minimum absolute atomic E-state index is 0.139. The van der Waals surface area contributed by atoms with Crippen LogP contribution in [0.1, 0.15) is 19.8 Å². The summed E-state index contributed by atoms with van der Waals surface area (Å²) in [5.41, 5.74) is 0. The molecular formula is C6H12O3. The Morgan fingerprint density at radius 3 is 2.89 bits per heavy atom. The Labute approximate surface area is 54.6 Å². The molecule has 0 bridgehead atoms. The van der Waals surface area contributed by atoms with Gasteiger partial charge in [-0.15, -0.1) is 0 Å². The molecule has 1 aliphatic heterocycles. The van der Waals surface area contributed by atoms with Gasteiger partial charge in [-0.05, 0) is 6.42 Å². The van der Waals surface area contributed by atoms with Crippen molar-refractivity contribution in [2.45, 2.75) is 32.3 Å². The molecule has 2 unspecified atom stereocenters. The Kier molecular flexibility index (Phi) is 2.45. The number of aliphatic hydroxyl groups excluding tert-OH is 1. The molecule has 9 heavy (non-hydrogen) atoms. The average molecular weight is 132 g/mol. The van der Waals surface area contributed by atoms with Gasteiger partial charge in [0.1, 0.15) is 0 Å². The SMILES string of the molecule is CCC(O)OC1CCO1. The molecule has 0 aliphatic carbocycles. The fraction of sp³-hybridized carbons (Fsp3) is 1.00. The van der Waals surface area contributed by atoms with Crippen LogP contribution in [0, 0.1) is 0 Å². The molecule has 1 saturated heterocycles. The highest BCUT2D eigenvalue weighted by molar-refractivity contribution is 4.55. The van der Waals surface area contributed by atoms with E-state index < -0.39 is 6.29 Å². The third-order valence-electron chi connectivity index (χ3n) is 1.32. The van der Waals surface area contributed by atoms with E-state index in [4.69, 9.17) is 14.6 Å². The van der Waals surface area contributed by atoms with Crippen LogP contribution in [0.25, 0.3) is 0 Å². The van der Waals surface area contributed by atoms with Gasteiger partial charge >= 0.3 is 0 Å². The molecule has 1 aliphatic rings. The molecule has 1 heterocycles. The predicted molar refractivity (Wildman–Crippen MR) is 31.7 cm³/mol. The highest BCUT2D eigenvalue weighted by Crippen LogP contribution is 2.14. The fourth-order valence-electron chi connectivity index (χ4n) is 0.593. The largest absolute Gasteiger partial charge is 0.368 e. The average Bonchev–Trinajstić information content (AvgIpc) is 1.78. The van der Waals surface area contributed by atoms with E-state index in [0.717, 1.165) is 13.0 Å². The lowest BCUT2D eigenvalue weighted by Crippen LogP contribution is -2.33. The first-order chi connectivity index (χ1) is 4.33. The monoisotopic (exact) mass is 132 g/mol. The Morgan fingerprint density at radius 2 is 2.56 bits per heavy atom. The van der Waals surface area contributed by atoms with Crippen molar-refractivity contribution >= 4 is 0 Å². The maximum absolute atomic E-state index is 8.89. The van der Waals surface area contributed by atoms with E-state index in [1.54, 1.807) is 0 Å². The van der Waals surface area contributed by atoms with Crippen molar-refractivity contribution in [3.05, 3.63) is 0 Å².